The molecule has 0 bridgehead atoms. The third-order valence-corrected chi connectivity index (χ3v) is 6.88. The number of carbonyl (C=O) groups excluding carboxylic acids is 1. The van der Waals surface area contributed by atoms with Gasteiger partial charge in [-0.2, -0.15) is 0 Å². The molecular weight excluding hydrogens is 442 g/mol. The lowest BCUT2D eigenvalue weighted by atomic mass is 10.0. The van der Waals surface area contributed by atoms with Crippen molar-refractivity contribution in [1.82, 2.24) is 9.55 Å². The van der Waals surface area contributed by atoms with Crippen molar-refractivity contribution in [1.29, 1.82) is 0 Å². The largest absolute Gasteiger partial charge is 0.325 e. The van der Waals surface area contributed by atoms with Crippen LogP contribution in [-0.4, -0.2) is 15.5 Å². The maximum absolute atomic E-state index is 13.3. The average molecular weight is 468 g/mol. The molecule has 0 unspecified atom stereocenters. The van der Waals surface area contributed by atoms with Gasteiger partial charge in [-0.1, -0.05) is 61.9 Å². The second-order valence-electron chi connectivity index (χ2n) is 8.42. The second kappa shape index (κ2) is 9.61. The van der Waals surface area contributed by atoms with E-state index in [-0.39, 0.29) is 18.0 Å². The molecule has 0 atom stereocenters. The molecule has 1 N–H and O–H groups in total. The molecule has 0 radical (unpaired) electrons. The van der Waals surface area contributed by atoms with Crippen LogP contribution in [0, 0.1) is 0 Å². The molecule has 0 saturated heterocycles. The molecule has 170 valence electrons. The Balaban J connectivity index is 1.39. The minimum atomic E-state index is -0.257. The Hall–Kier alpha value is -3.77. The number of aromatic nitrogens is 2. The zero-order valence-corrected chi connectivity index (χ0v) is 19.8. The van der Waals surface area contributed by atoms with E-state index in [4.69, 9.17) is 0 Å². The summed E-state index contributed by atoms with van der Waals surface area (Å²) in [6, 6.07) is 22.2. The lowest BCUT2D eigenvalue weighted by Crippen LogP contribution is -2.27. The summed E-state index contributed by atoms with van der Waals surface area (Å²) in [4.78, 5) is 31.1. The Morgan fingerprint density at radius 3 is 2.62 bits per heavy atom. The molecule has 1 amide bonds. The number of rotatable bonds is 7. The molecule has 0 spiro atoms. The van der Waals surface area contributed by atoms with Crippen molar-refractivity contribution >= 4 is 43.9 Å². The van der Waals surface area contributed by atoms with Crippen LogP contribution in [0.1, 0.15) is 25.3 Å². The maximum atomic E-state index is 13.3. The van der Waals surface area contributed by atoms with Gasteiger partial charge in [0.2, 0.25) is 5.91 Å². The number of fused-ring (bicyclic) bond motifs is 2. The number of amides is 1. The molecule has 0 aliphatic carbocycles. The SMILES string of the molecule is CCCCc1ccc(NC(=O)Cn2cnc3scc(-c4ccc5ccccc5c4)c3c2=O)cc1. The number of aryl methyl sites for hydroxylation is 1. The van der Waals surface area contributed by atoms with Gasteiger partial charge in [-0.05, 0) is 52.9 Å². The lowest BCUT2D eigenvalue weighted by molar-refractivity contribution is -0.116. The fourth-order valence-corrected chi connectivity index (χ4v) is 5.05. The molecule has 0 aliphatic heterocycles. The van der Waals surface area contributed by atoms with E-state index in [2.05, 4.69) is 41.5 Å². The predicted octanol–water partition coefficient (Wildman–Crippen LogP) is 6.26. The van der Waals surface area contributed by atoms with E-state index in [0.717, 1.165) is 46.8 Å². The number of unbranched alkanes of at least 4 members (excludes halogenated alkanes) is 1. The van der Waals surface area contributed by atoms with E-state index in [0.29, 0.717) is 10.2 Å². The quantitative estimate of drug-likeness (QED) is 0.307. The number of carbonyl (C=O) groups is 1. The summed E-state index contributed by atoms with van der Waals surface area (Å²) in [5.41, 5.74) is 3.58. The van der Waals surface area contributed by atoms with E-state index < -0.39 is 0 Å². The number of hydrogen-bond donors (Lipinski definition) is 1. The zero-order valence-electron chi connectivity index (χ0n) is 19.0. The summed E-state index contributed by atoms with van der Waals surface area (Å²) in [5, 5.41) is 7.67. The minimum absolute atomic E-state index is 0.0909. The van der Waals surface area contributed by atoms with Crippen LogP contribution in [-0.2, 0) is 17.8 Å². The second-order valence-corrected chi connectivity index (χ2v) is 9.28. The summed E-state index contributed by atoms with van der Waals surface area (Å²) in [6.45, 7) is 2.08. The van der Waals surface area contributed by atoms with Gasteiger partial charge < -0.3 is 5.32 Å². The Kier molecular flexibility index (Phi) is 6.23. The summed E-state index contributed by atoms with van der Waals surface area (Å²) >= 11 is 1.44. The molecule has 0 fully saturated rings. The smallest absolute Gasteiger partial charge is 0.263 e. The highest BCUT2D eigenvalue weighted by Crippen LogP contribution is 2.32. The first-order chi connectivity index (χ1) is 16.6. The number of nitrogens with one attached hydrogen (secondary N) is 1. The number of benzene rings is 3. The standard InChI is InChI=1S/C28H25N3O2S/c1-2-3-6-19-9-13-23(14-10-19)30-25(32)16-31-18-29-27-26(28(31)33)24(17-34-27)22-12-11-20-7-4-5-8-21(20)15-22/h4-5,7-15,17-18H,2-3,6,16H2,1H3,(H,30,32). The number of anilines is 1. The van der Waals surface area contributed by atoms with E-state index >= 15 is 0 Å². The third kappa shape index (κ3) is 4.50. The van der Waals surface area contributed by atoms with Crippen LogP contribution in [0.15, 0.2) is 83.2 Å². The molecule has 5 aromatic rings. The first-order valence-corrected chi connectivity index (χ1v) is 12.3. The van der Waals surface area contributed by atoms with Crippen molar-refractivity contribution < 1.29 is 4.79 Å². The van der Waals surface area contributed by atoms with Crippen molar-refractivity contribution in [3.63, 3.8) is 0 Å². The normalized spacial score (nSPS) is 11.2. The molecular formula is C28H25N3O2S. The minimum Gasteiger partial charge on any atom is -0.325 e. The average Bonchev–Trinajstić information content (AvgIpc) is 3.30. The molecule has 6 heteroatoms. The molecule has 0 saturated carbocycles. The predicted molar refractivity (Wildman–Crippen MR) is 141 cm³/mol. The van der Waals surface area contributed by atoms with Gasteiger partial charge in [0.05, 0.1) is 11.7 Å². The topological polar surface area (TPSA) is 64.0 Å². The van der Waals surface area contributed by atoms with Gasteiger partial charge in [-0.3, -0.25) is 14.2 Å². The lowest BCUT2D eigenvalue weighted by Gasteiger charge is -2.09. The molecule has 34 heavy (non-hydrogen) atoms. The fraction of sp³-hybridized carbons (Fsp3) is 0.179. The van der Waals surface area contributed by atoms with Gasteiger partial charge in [0.15, 0.2) is 0 Å². The Morgan fingerprint density at radius 1 is 1.03 bits per heavy atom. The van der Waals surface area contributed by atoms with Crippen LogP contribution in [0.4, 0.5) is 5.69 Å². The van der Waals surface area contributed by atoms with E-state index in [1.165, 1.54) is 27.8 Å². The van der Waals surface area contributed by atoms with Gasteiger partial charge in [0.1, 0.15) is 11.4 Å². The van der Waals surface area contributed by atoms with Crippen molar-refractivity contribution in [2.24, 2.45) is 0 Å². The van der Waals surface area contributed by atoms with E-state index in [9.17, 15) is 9.59 Å². The Morgan fingerprint density at radius 2 is 1.82 bits per heavy atom. The molecule has 0 aliphatic rings. The first-order valence-electron chi connectivity index (χ1n) is 11.5. The van der Waals surface area contributed by atoms with Crippen LogP contribution in [0.5, 0.6) is 0 Å². The Labute approximate surface area is 201 Å². The van der Waals surface area contributed by atoms with Gasteiger partial charge in [0.25, 0.3) is 5.56 Å². The van der Waals surface area contributed by atoms with Gasteiger partial charge in [-0.25, -0.2) is 4.98 Å². The van der Waals surface area contributed by atoms with Crippen LogP contribution in [0.2, 0.25) is 0 Å². The van der Waals surface area contributed by atoms with Crippen molar-refractivity contribution in [2.45, 2.75) is 32.7 Å². The number of nitrogens with zero attached hydrogens (tertiary/aromatic N) is 2. The molecule has 5 rings (SSSR count). The van der Waals surface area contributed by atoms with Crippen LogP contribution in [0.3, 0.4) is 0 Å². The van der Waals surface area contributed by atoms with Crippen LogP contribution >= 0.6 is 11.3 Å². The van der Waals surface area contributed by atoms with E-state index in [1.807, 2.05) is 47.8 Å². The van der Waals surface area contributed by atoms with Crippen molar-refractivity contribution in [2.75, 3.05) is 5.32 Å². The van der Waals surface area contributed by atoms with Gasteiger partial charge in [0, 0.05) is 16.6 Å². The van der Waals surface area contributed by atoms with Crippen LogP contribution < -0.4 is 10.9 Å². The molecule has 2 aromatic heterocycles. The highest BCUT2D eigenvalue weighted by Gasteiger charge is 2.15. The van der Waals surface area contributed by atoms with E-state index in [1.54, 1.807) is 0 Å². The maximum Gasteiger partial charge on any atom is 0.263 e. The molecule has 3 aromatic carbocycles. The Bertz CT molecular complexity index is 1530. The van der Waals surface area contributed by atoms with Gasteiger partial charge >= 0.3 is 0 Å². The zero-order chi connectivity index (χ0) is 23.5. The summed E-state index contributed by atoms with van der Waals surface area (Å²) in [6.07, 6.45) is 4.79. The highest BCUT2D eigenvalue weighted by atomic mass is 32.1. The fourth-order valence-electron chi connectivity index (χ4n) is 4.14. The summed E-state index contributed by atoms with van der Waals surface area (Å²) < 4.78 is 1.38. The monoisotopic (exact) mass is 467 g/mol. The third-order valence-electron chi connectivity index (χ3n) is 5.99. The summed E-state index contributed by atoms with van der Waals surface area (Å²) in [7, 11) is 0. The first kappa shape index (κ1) is 22.0. The van der Waals surface area contributed by atoms with Crippen LogP contribution in [0.25, 0.3) is 32.1 Å². The number of thiophene rings is 1. The molecule has 5 nitrogen and oxygen atoms in total. The number of hydrogen-bond acceptors (Lipinski definition) is 4. The highest BCUT2D eigenvalue weighted by molar-refractivity contribution is 7.17. The van der Waals surface area contributed by atoms with Gasteiger partial charge in [-0.15, -0.1) is 11.3 Å². The molecule has 2 heterocycles. The van der Waals surface area contributed by atoms with Crippen molar-refractivity contribution in [3.05, 3.63) is 94.4 Å². The summed E-state index contributed by atoms with van der Waals surface area (Å²) in [5.74, 6) is -0.257. The van der Waals surface area contributed by atoms with Crippen molar-refractivity contribution in [3.8, 4) is 11.1 Å².